The van der Waals surface area contributed by atoms with Gasteiger partial charge >= 0.3 is 0 Å². The van der Waals surface area contributed by atoms with Crippen molar-refractivity contribution in [2.45, 2.75) is 59.3 Å². The average molecular weight is 209 g/mol. The Kier molecular flexibility index (Phi) is 5.82. The zero-order chi connectivity index (χ0) is 11.1. The highest BCUT2D eigenvalue weighted by Crippen LogP contribution is 2.19. The van der Waals surface area contributed by atoms with Crippen molar-refractivity contribution in [2.75, 3.05) is 6.54 Å². The van der Waals surface area contributed by atoms with Crippen LogP contribution in [0.25, 0.3) is 0 Å². The van der Waals surface area contributed by atoms with Crippen LogP contribution in [0, 0.1) is 11.8 Å². The van der Waals surface area contributed by atoms with E-state index in [1.54, 1.807) is 0 Å². The topological polar surface area (TPSA) is 12.0 Å². The normalized spacial score (nSPS) is 26.3. The molecule has 15 heavy (non-hydrogen) atoms. The molecule has 1 unspecified atom stereocenters. The molecule has 0 spiro atoms. The van der Waals surface area contributed by atoms with Crippen LogP contribution in [-0.2, 0) is 0 Å². The summed E-state index contributed by atoms with van der Waals surface area (Å²) in [5.74, 6) is 1.62. The maximum atomic E-state index is 3.55. The van der Waals surface area contributed by atoms with Gasteiger partial charge in [0.15, 0.2) is 0 Å². The van der Waals surface area contributed by atoms with Crippen LogP contribution in [0.2, 0.25) is 0 Å². The predicted molar refractivity (Wildman–Crippen MR) is 67.8 cm³/mol. The van der Waals surface area contributed by atoms with Gasteiger partial charge in [0.2, 0.25) is 0 Å². The molecule has 0 bridgehead atoms. The Labute approximate surface area is 95.3 Å². The van der Waals surface area contributed by atoms with E-state index < -0.39 is 0 Å². The van der Waals surface area contributed by atoms with Crippen LogP contribution >= 0.6 is 0 Å². The molecule has 0 aromatic rings. The fraction of sp³-hybridized carbons (Fsp3) is 0.857. The van der Waals surface area contributed by atoms with Crippen LogP contribution < -0.4 is 5.32 Å². The molecule has 0 aromatic carbocycles. The number of hydrogen-bond acceptors (Lipinski definition) is 1. The Morgan fingerprint density at radius 1 is 1.47 bits per heavy atom. The molecule has 1 heterocycles. The summed E-state index contributed by atoms with van der Waals surface area (Å²) < 4.78 is 0. The van der Waals surface area contributed by atoms with E-state index in [1.165, 1.54) is 50.8 Å². The lowest BCUT2D eigenvalue weighted by molar-refractivity contribution is 0.442. The van der Waals surface area contributed by atoms with Crippen molar-refractivity contribution in [3.8, 4) is 0 Å². The standard InChI is InChI=1S/C14H27N/c1-4-5-6-7-12(2)10-14-9-8-13(3)11-15-14/h10,12-13,15H,4-9,11H2,1-3H3/t12?,13-/m1/s1. The molecule has 88 valence electrons. The van der Waals surface area contributed by atoms with Crippen molar-refractivity contribution in [3.05, 3.63) is 11.8 Å². The van der Waals surface area contributed by atoms with E-state index in [1.807, 2.05) is 0 Å². The van der Waals surface area contributed by atoms with E-state index in [2.05, 4.69) is 32.2 Å². The molecule has 1 saturated heterocycles. The van der Waals surface area contributed by atoms with Gasteiger partial charge in [-0.25, -0.2) is 0 Å². The molecule has 1 fully saturated rings. The van der Waals surface area contributed by atoms with E-state index in [4.69, 9.17) is 0 Å². The first kappa shape index (κ1) is 12.6. The second-order valence-corrected chi connectivity index (χ2v) is 5.19. The molecule has 1 rings (SSSR count). The van der Waals surface area contributed by atoms with Gasteiger partial charge in [-0.2, -0.15) is 0 Å². The third-order valence-electron chi connectivity index (χ3n) is 3.33. The molecule has 0 aromatic heterocycles. The van der Waals surface area contributed by atoms with Crippen molar-refractivity contribution in [1.29, 1.82) is 0 Å². The lowest BCUT2D eigenvalue weighted by Gasteiger charge is -2.23. The number of piperidine rings is 1. The minimum absolute atomic E-state index is 0.757. The highest BCUT2D eigenvalue weighted by atomic mass is 14.9. The van der Waals surface area contributed by atoms with Gasteiger partial charge in [0.1, 0.15) is 0 Å². The predicted octanol–water partition coefficient (Wildman–Crippen LogP) is 4.11. The van der Waals surface area contributed by atoms with Crippen molar-refractivity contribution in [1.82, 2.24) is 5.32 Å². The smallest absolute Gasteiger partial charge is 0.0169 e. The summed E-state index contributed by atoms with van der Waals surface area (Å²) in [5.41, 5.74) is 1.50. The summed E-state index contributed by atoms with van der Waals surface area (Å²) in [6.07, 6.45) is 10.5. The Hall–Kier alpha value is -0.460. The third-order valence-corrected chi connectivity index (χ3v) is 3.33. The van der Waals surface area contributed by atoms with Crippen LogP contribution in [0.5, 0.6) is 0 Å². The van der Waals surface area contributed by atoms with Crippen molar-refractivity contribution in [2.24, 2.45) is 11.8 Å². The molecule has 0 amide bonds. The molecule has 1 aliphatic heterocycles. The average Bonchev–Trinajstić information content (AvgIpc) is 2.22. The minimum Gasteiger partial charge on any atom is -0.388 e. The molecular weight excluding hydrogens is 182 g/mol. The van der Waals surface area contributed by atoms with Crippen molar-refractivity contribution < 1.29 is 0 Å². The quantitative estimate of drug-likeness (QED) is 0.672. The fourth-order valence-corrected chi connectivity index (χ4v) is 2.18. The van der Waals surface area contributed by atoms with Crippen LogP contribution in [0.15, 0.2) is 11.8 Å². The maximum Gasteiger partial charge on any atom is 0.0169 e. The van der Waals surface area contributed by atoms with Gasteiger partial charge in [-0.05, 0) is 31.1 Å². The zero-order valence-electron chi connectivity index (χ0n) is 10.7. The van der Waals surface area contributed by atoms with E-state index in [-0.39, 0.29) is 0 Å². The Morgan fingerprint density at radius 2 is 2.27 bits per heavy atom. The van der Waals surface area contributed by atoms with Gasteiger partial charge in [0.05, 0.1) is 0 Å². The van der Waals surface area contributed by atoms with Crippen molar-refractivity contribution >= 4 is 0 Å². The molecule has 1 N–H and O–H groups in total. The van der Waals surface area contributed by atoms with Gasteiger partial charge in [-0.3, -0.25) is 0 Å². The van der Waals surface area contributed by atoms with Gasteiger partial charge in [-0.15, -0.1) is 0 Å². The number of nitrogens with one attached hydrogen (secondary N) is 1. The lowest BCUT2D eigenvalue weighted by Crippen LogP contribution is -2.26. The molecule has 0 saturated carbocycles. The van der Waals surface area contributed by atoms with E-state index in [0.717, 1.165) is 11.8 Å². The van der Waals surface area contributed by atoms with Crippen LogP contribution in [0.3, 0.4) is 0 Å². The number of rotatable bonds is 5. The molecule has 1 nitrogen and oxygen atoms in total. The molecule has 0 radical (unpaired) electrons. The lowest BCUT2D eigenvalue weighted by atomic mass is 9.96. The first-order chi connectivity index (χ1) is 7.22. The van der Waals surface area contributed by atoms with Crippen LogP contribution in [0.4, 0.5) is 0 Å². The molecule has 1 aliphatic rings. The number of allylic oxidation sites excluding steroid dienone is 2. The third kappa shape index (κ3) is 5.25. The summed E-state index contributed by atoms with van der Waals surface area (Å²) in [6.45, 7) is 8.12. The second-order valence-electron chi connectivity index (χ2n) is 5.19. The molecular formula is C14H27N. The summed E-state index contributed by atoms with van der Waals surface area (Å²) in [4.78, 5) is 0. The molecule has 0 aliphatic carbocycles. The second kappa shape index (κ2) is 6.92. The first-order valence-corrected chi connectivity index (χ1v) is 6.67. The van der Waals surface area contributed by atoms with Gasteiger partial charge in [0, 0.05) is 12.2 Å². The van der Waals surface area contributed by atoms with E-state index >= 15 is 0 Å². The summed E-state index contributed by atoms with van der Waals surface area (Å²) in [5, 5.41) is 3.55. The number of unbranched alkanes of at least 4 members (excludes halogenated alkanes) is 2. The highest BCUT2D eigenvalue weighted by molar-refractivity contribution is 5.04. The first-order valence-electron chi connectivity index (χ1n) is 6.67. The van der Waals surface area contributed by atoms with Gasteiger partial charge in [-0.1, -0.05) is 46.1 Å². The summed E-state index contributed by atoms with van der Waals surface area (Å²) >= 11 is 0. The van der Waals surface area contributed by atoms with E-state index in [0.29, 0.717) is 0 Å². The Balaban J connectivity index is 2.22. The van der Waals surface area contributed by atoms with E-state index in [9.17, 15) is 0 Å². The monoisotopic (exact) mass is 209 g/mol. The van der Waals surface area contributed by atoms with Crippen LogP contribution in [0.1, 0.15) is 59.3 Å². The highest BCUT2D eigenvalue weighted by Gasteiger charge is 2.11. The summed E-state index contributed by atoms with van der Waals surface area (Å²) in [7, 11) is 0. The molecule has 1 heteroatoms. The Morgan fingerprint density at radius 3 is 2.87 bits per heavy atom. The fourth-order valence-electron chi connectivity index (χ4n) is 2.18. The minimum atomic E-state index is 0.757. The maximum absolute atomic E-state index is 3.55. The SMILES string of the molecule is CCCCCC(C)C=C1CC[C@@H](C)CN1. The molecule has 2 atom stereocenters. The van der Waals surface area contributed by atoms with Gasteiger partial charge < -0.3 is 5.32 Å². The summed E-state index contributed by atoms with van der Waals surface area (Å²) in [6, 6.07) is 0. The Bertz CT molecular complexity index is 186. The van der Waals surface area contributed by atoms with Gasteiger partial charge in [0.25, 0.3) is 0 Å². The van der Waals surface area contributed by atoms with Crippen LogP contribution in [-0.4, -0.2) is 6.54 Å². The van der Waals surface area contributed by atoms with Crippen molar-refractivity contribution in [3.63, 3.8) is 0 Å². The zero-order valence-corrected chi connectivity index (χ0v) is 10.7. The largest absolute Gasteiger partial charge is 0.388 e. The number of hydrogen-bond donors (Lipinski definition) is 1.